The van der Waals surface area contributed by atoms with Gasteiger partial charge in [-0.3, -0.25) is 23.5 Å². The van der Waals surface area contributed by atoms with Crippen molar-refractivity contribution in [3.63, 3.8) is 0 Å². The molecule has 3 aromatic rings. The van der Waals surface area contributed by atoms with Crippen molar-refractivity contribution in [3.05, 3.63) is 72.6 Å². The Kier molecular flexibility index (Phi) is 22.5. The summed E-state index contributed by atoms with van der Waals surface area (Å²) in [4.78, 5) is 31.9. The molecule has 9 nitrogen and oxygen atoms in total. The van der Waals surface area contributed by atoms with Gasteiger partial charge in [-0.2, -0.15) is 0 Å². The highest BCUT2D eigenvalue weighted by atomic mass is 35.5. The van der Waals surface area contributed by atoms with Crippen LogP contribution in [0.1, 0.15) is 124 Å². The van der Waals surface area contributed by atoms with Crippen molar-refractivity contribution in [2.45, 2.75) is 134 Å². The highest BCUT2D eigenvalue weighted by Crippen LogP contribution is 2.49. The van der Waals surface area contributed by atoms with Crippen LogP contribution in [0.2, 0.25) is 30.1 Å². The zero-order chi connectivity index (χ0) is 43.6. The summed E-state index contributed by atoms with van der Waals surface area (Å²) in [5.74, 6) is -0.629. The SMILES string of the molecule is CCCCCCCCCCCCOS(=O)N(CCCCCCCC)c1ccccc1SC1C(=O)N(c2c(Cl)c(Cl)c(Cl)c(Cl)c2Cl)NC1=Nc1cc(NC(C)=O)ccc1Cl. The van der Waals surface area contributed by atoms with E-state index in [1.807, 2.05) is 24.3 Å². The number of carbonyl (C=O) groups excluding carboxylic acids is 2. The van der Waals surface area contributed by atoms with Gasteiger partial charge in [0.15, 0.2) is 0 Å². The number of aliphatic imine (C=N–C) groups is 1. The Morgan fingerprint density at radius 1 is 0.800 bits per heavy atom. The number of anilines is 3. The Morgan fingerprint density at radius 3 is 1.95 bits per heavy atom. The Balaban J connectivity index is 1.64. The van der Waals surface area contributed by atoms with Crippen LogP contribution in [-0.4, -0.2) is 40.3 Å². The van der Waals surface area contributed by atoms with Crippen molar-refractivity contribution in [2.75, 3.05) is 27.8 Å². The summed E-state index contributed by atoms with van der Waals surface area (Å²) < 4.78 is 21.9. The van der Waals surface area contributed by atoms with Gasteiger partial charge in [-0.05, 0) is 43.2 Å². The second kappa shape index (κ2) is 26.6. The standard InChI is InChI=1S/C43H55Cl6N5O4S2/c1-4-6-8-10-12-13-14-15-17-21-27-58-60(57)53(26-20-16-11-9-7-5-2)33-22-18-19-23-34(33)59-41-42(51-32-28-30(50-29(3)55)24-25-31(32)44)52-54(43(41)56)40-38(48)36(46)35(45)37(47)39(40)49/h18-19,22-25,28,41H,4-17,20-21,26-27H2,1-3H3,(H,50,55)(H,51,52). The number of benzene rings is 3. The second-order valence-electron chi connectivity index (χ2n) is 14.6. The molecule has 0 radical (unpaired) electrons. The highest BCUT2D eigenvalue weighted by Gasteiger charge is 2.42. The lowest BCUT2D eigenvalue weighted by molar-refractivity contribution is -0.116. The number of amides is 2. The summed E-state index contributed by atoms with van der Waals surface area (Å²) in [6.07, 6.45) is 18.2. The largest absolute Gasteiger partial charge is 0.326 e. The molecule has 17 heteroatoms. The lowest BCUT2D eigenvalue weighted by Gasteiger charge is -2.25. The van der Waals surface area contributed by atoms with Gasteiger partial charge in [0.1, 0.15) is 16.8 Å². The van der Waals surface area contributed by atoms with Gasteiger partial charge in [-0.1, -0.05) is 185 Å². The number of hydrogen-bond acceptors (Lipinski definition) is 6. The number of nitrogens with zero attached hydrogens (tertiary/aromatic N) is 3. The first-order chi connectivity index (χ1) is 28.9. The fourth-order valence-corrected chi connectivity index (χ4v) is 10.2. The third-order valence-electron chi connectivity index (χ3n) is 9.79. The molecule has 2 atom stereocenters. The quantitative estimate of drug-likeness (QED) is 0.0472. The maximum atomic E-state index is 14.6. The van der Waals surface area contributed by atoms with E-state index < -0.39 is 22.4 Å². The molecule has 0 saturated carbocycles. The molecule has 1 fully saturated rings. The Hall–Kier alpha value is -1.93. The van der Waals surface area contributed by atoms with Gasteiger partial charge in [0.2, 0.25) is 5.91 Å². The number of hydrazine groups is 1. The number of para-hydroxylation sites is 1. The molecule has 2 amide bonds. The van der Waals surface area contributed by atoms with Crippen molar-refractivity contribution < 1.29 is 18.0 Å². The predicted molar refractivity (Wildman–Crippen MR) is 258 cm³/mol. The van der Waals surface area contributed by atoms with Gasteiger partial charge in [0, 0.05) is 24.1 Å². The lowest BCUT2D eigenvalue weighted by atomic mass is 10.1. The number of rotatable bonds is 26. The Bertz CT molecular complexity index is 1930. The number of nitrogens with one attached hydrogen (secondary N) is 2. The number of thioether (sulfide) groups is 1. The molecule has 330 valence electrons. The molecular formula is C43H55Cl6N5O4S2. The average Bonchev–Trinajstić information content (AvgIpc) is 3.52. The third-order valence-corrected chi connectivity index (χ3v) is 14.7. The van der Waals surface area contributed by atoms with Crippen molar-refractivity contribution in [1.82, 2.24) is 5.43 Å². The summed E-state index contributed by atoms with van der Waals surface area (Å²) >= 11 is 38.5. The van der Waals surface area contributed by atoms with Gasteiger partial charge in [0.25, 0.3) is 17.2 Å². The van der Waals surface area contributed by atoms with Gasteiger partial charge in [-0.25, -0.2) is 14.2 Å². The number of carbonyl (C=O) groups is 2. The molecule has 0 spiro atoms. The molecule has 2 N–H and O–H groups in total. The predicted octanol–water partition coefficient (Wildman–Crippen LogP) is 15.0. The molecule has 0 aromatic heterocycles. The van der Waals surface area contributed by atoms with E-state index in [9.17, 15) is 13.8 Å². The van der Waals surface area contributed by atoms with Gasteiger partial charge >= 0.3 is 0 Å². The van der Waals surface area contributed by atoms with E-state index in [2.05, 4.69) is 24.6 Å². The fourth-order valence-electron chi connectivity index (χ4n) is 6.60. The van der Waals surface area contributed by atoms with E-state index in [1.165, 1.54) is 70.1 Å². The molecule has 0 aliphatic carbocycles. The fraction of sp³-hybridized carbons (Fsp3) is 0.512. The zero-order valence-electron chi connectivity index (χ0n) is 34.4. The molecule has 0 bridgehead atoms. The van der Waals surface area contributed by atoms with Crippen LogP contribution >= 0.6 is 81.4 Å². The minimum atomic E-state index is -1.80. The van der Waals surface area contributed by atoms with Gasteiger partial charge in [-0.15, -0.1) is 11.8 Å². The first-order valence-electron chi connectivity index (χ1n) is 20.8. The van der Waals surface area contributed by atoms with E-state index in [-0.39, 0.29) is 53.3 Å². The molecule has 60 heavy (non-hydrogen) atoms. The van der Waals surface area contributed by atoms with Crippen LogP contribution in [0.4, 0.5) is 22.7 Å². The van der Waals surface area contributed by atoms with Crippen molar-refractivity contribution in [3.8, 4) is 0 Å². The molecule has 4 rings (SSSR count). The number of hydrogen-bond donors (Lipinski definition) is 2. The van der Waals surface area contributed by atoms with Crippen LogP contribution in [0.3, 0.4) is 0 Å². The third kappa shape index (κ3) is 14.8. The average molecular weight is 983 g/mol. The molecule has 1 aliphatic heterocycles. The molecular weight excluding hydrogens is 927 g/mol. The van der Waals surface area contributed by atoms with Crippen molar-refractivity contribution in [1.29, 1.82) is 0 Å². The van der Waals surface area contributed by atoms with Crippen LogP contribution in [0.25, 0.3) is 0 Å². The topological polar surface area (TPSA) is 103 Å². The smallest absolute Gasteiger partial charge is 0.267 e. The van der Waals surface area contributed by atoms with Gasteiger partial charge in [0.05, 0.1) is 48.1 Å². The number of halogens is 6. The summed E-state index contributed by atoms with van der Waals surface area (Å²) in [5, 5.41) is 2.64. The molecule has 2 unspecified atom stereocenters. The zero-order valence-corrected chi connectivity index (χ0v) is 40.6. The normalized spacial score (nSPS) is 15.2. The van der Waals surface area contributed by atoms with Crippen molar-refractivity contribution in [2.24, 2.45) is 4.99 Å². The van der Waals surface area contributed by atoms with E-state index in [1.54, 1.807) is 22.5 Å². The van der Waals surface area contributed by atoms with E-state index >= 15 is 0 Å². The summed E-state index contributed by atoms with van der Waals surface area (Å²) in [6, 6.07) is 12.3. The van der Waals surface area contributed by atoms with Crippen LogP contribution in [0.5, 0.6) is 0 Å². The highest BCUT2D eigenvalue weighted by molar-refractivity contribution is 8.01. The van der Waals surface area contributed by atoms with Crippen LogP contribution in [0.15, 0.2) is 52.4 Å². The maximum Gasteiger partial charge on any atom is 0.267 e. The second-order valence-corrected chi connectivity index (χ2v) is 19.2. The minimum Gasteiger partial charge on any atom is -0.326 e. The molecule has 1 heterocycles. The Labute approximate surface area is 392 Å². The Morgan fingerprint density at radius 2 is 1.35 bits per heavy atom. The first kappa shape index (κ1) is 50.7. The molecule has 1 saturated heterocycles. The summed E-state index contributed by atoms with van der Waals surface area (Å²) in [6.45, 7) is 6.66. The minimum absolute atomic E-state index is 0.0175. The maximum absolute atomic E-state index is 14.6. The van der Waals surface area contributed by atoms with Crippen LogP contribution in [-0.2, 0) is 25.0 Å². The van der Waals surface area contributed by atoms with Gasteiger partial charge < -0.3 is 5.32 Å². The summed E-state index contributed by atoms with van der Waals surface area (Å²) in [7, 11) is 0. The monoisotopic (exact) mass is 979 g/mol. The molecule has 1 aliphatic rings. The van der Waals surface area contributed by atoms with E-state index in [0.717, 1.165) is 56.4 Å². The lowest BCUT2D eigenvalue weighted by Crippen LogP contribution is -2.36. The first-order valence-corrected chi connectivity index (χ1v) is 24.9. The number of amidine groups is 1. The summed E-state index contributed by atoms with van der Waals surface area (Å²) in [5.41, 5.74) is 4.40. The van der Waals surface area contributed by atoms with E-state index in [4.69, 9.17) is 78.8 Å². The van der Waals surface area contributed by atoms with Crippen LogP contribution < -0.4 is 20.1 Å². The molecule has 3 aromatic carbocycles. The van der Waals surface area contributed by atoms with E-state index in [0.29, 0.717) is 29.4 Å². The van der Waals surface area contributed by atoms with Crippen LogP contribution in [0, 0.1) is 0 Å². The number of unbranched alkanes of at least 4 members (excludes halogenated alkanes) is 14. The van der Waals surface area contributed by atoms with Crippen molar-refractivity contribution >= 4 is 133 Å².